The number of primary amides is 1. The summed E-state index contributed by atoms with van der Waals surface area (Å²) >= 11 is 6.30. The minimum Gasteiger partial charge on any atom is -0.468 e. The molecule has 0 radical (unpaired) electrons. The lowest BCUT2D eigenvalue weighted by atomic mass is 9.99. The molecule has 1 unspecified atom stereocenters. The third-order valence-electron chi connectivity index (χ3n) is 4.47. The number of H-pyrrole nitrogens is 1. The molecule has 2 aromatic heterocycles. The van der Waals surface area contributed by atoms with Gasteiger partial charge in [0.2, 0.25) is 11.8 Å². The molecule has 0 saturated carbocycles. The molecule has 0 fully saturated rings. The average Bonchev–Trinajstić information content (AvgIpc) is 2.73. The standard InChI is InChI=1S/C21H18ClF3N4O3/c1-11(19(26)31)6-12-2-4-15(22)14(7-12)20-28-16(8-17(30)29-20)13-3-5-18(27-9-13)32-10-21(23,24)25/h2-5,7-9,11H,6,10H2,1H3,(H2,26,31)(H,28,29,30). The zero-order valence-electron chi connectivity index (χ0n) is 16.7. The first-order valence-corrected chi connectivity index (χ1v) is 9.75. The molecule has 32 heavy (non-hydrogen) atoms. The Hall–Kier alpha value is -3.40. The maximum absolute atomic E-state index is 12.3. The molecular formula is C21H18ClF3N4O3. The van der Waals surface area contributed by atoms with Gasteiger partial charge in [0.15, 0.2) is 6.61 Å². The van der Waals surface area contributed by atoms with Crippen LogP contribution in [0.1, 0.15) is 12.5 Å². The molecule has 168 valence electrons. The second-order valence-corrected chi connectivity index (χ2v) is 7.50. The molecule has 0 spiro atoms. The van der Waals surface area contributed by atoms with Gasteiger partial charge in [-0.05, 0) is 30.2 Å². The molecule has 3 aromatic rings. The number of alkyl halides is 3. The number of halogens is 4. The van der Waals surface area contributed by atoms with Gasteiger partial charge in [0.05, 0.1) is 10.7 Å². The SMILES string of the molecule is CC(Cc1ccc(Cl)c(-c2nc(-c3ccc(OCC(F)(F)F)nc3)cc(=O)[nH]2)c1)C(N)=O. The highest BCUT2D eigenvalue weighted by atomic mass is 35.5. The number of pyridine rings is 1. The van der Waals surface area contributed by atoms with E-state index in [9.17, 15) is 22.8 Å². The van der Waals surface area contributed by atoms with E-state index in [-0.39, 0.29) is 17.4 Å². The first-order chi connectivity index (χ1) is 15.0. The van der Waals surface area contributed by atoms with Gasteiger partial charge in [0.1, 0.15) is 5.82 Å². The van der Waals surface area contributed by atoms with Crippen LogP contribution in [0.3, 0.4) is 0 Å². The van der Waals surface area contributed by atoms with E-state index in [1.807, 2.05) is 0 Å². The number of amides is 1. The number of nitrogens with two attached hydrogens (primary N) is 1. The number of nitrogens with zero attached hydrogens (tertiary/aromatic N) is 2. The molecule has 0 saturated heterocycles. The molecular weight excluding hydrogens is 449 g/mol. The van der Waals surface area contributed by atoms with Crippen LogP contribution in [0.15, 0.2) is 47.4 Å². The van der Waals surface area contributed by atoms with Crippen molar-refractivity contribution in [1.82, 2.24) is 15.0 Å². The summed E-state index contributed by atoms with van der Waals surface area (Å²) in [5.41, 5.74) is 6.71. The Labute approximate surface area is 185 Å². The van der Waals surface area contributed by atoms with E-state index in [1.54, 1.807) is 25.1 Å². The lowest BCUT2D eigenvalue weighted by molar-refractivity contribution is -0.154. The summed E-state index contributed by atoms with van der Waals surface area (Å²) in [6.07, 6.45) is -2.84. The highest BCUT2D eigenvalue weighted by Crippen LogP contribution is 2.28. The minimum absolute atomic E-state index is 0.184. The Balaban J connectivity index is 1.91. The second kappa shape index (κ2) is 9.39. The molecule has 3 N–H and O–H groups in total. The number of ether oxygens (including phenoxy) is 1. The summed E-state index contributed by atoms with van der Waals surface area (Å²) in [4.78, 5) is 34.4. The number of aromatic amines is 1. The van der Waals surface area contributed by atoms with Crippen LogP contribution in [0.5, 0.6) is 5.88 Å². The van der Waals surface area contributed by atoms with Gasteiger partial charge in [-0.1, -0.05) is 24.6 Å². The Morgan fingerprint density at radius 1 is 1.25 bits per heavy atom. The van der Waals surface area contributed by atoms with Gasteiger partial charge in [-0.2, -0.15) is 13.2 Å². The van der Waals surface area contributed by atoms with Crippen LogP contribution in [-0.4, -0.2) is 33.6 Å². The zero-order chi connectivity index (χ0) is 23.5. The molecule has 0 aliphatic heterocycles. The number of rotatable bonds is 7. The van der Waals surface area contributed by atoms with Crippen LogP contribution >= 0.6 is 11.6 Å². The summed E-state index contributed by atoms with van der Waals surface area (Å²) in [5.74, 6) is -0.865. The van der Waals surface area contributed by atoms with E-state index in [0.717, 1.165) is 5.56 Å². The fraction of sp³-hybridized carbons (Fsp3) is 0.238. The summed E-state index contributed by atoms with van der Waals surface area (Å²) in [5, 5.41) is 0.329. The van der Waals surface area contributed by atoms with Gasteiger partial charge in [-0.3, -0.25) is 9.59 Å². The highest BCUT2D eigenvalue weighted by molar-refractivity contribution is 6.33. The third kappa shape index (κ3) is 6.07. The smallest absolute Gasteiger partial charge is 0.422 e. The quantitative estimate of drug-likeness (QED) is 0.550. The number of nitrogens with one attached hydrogen (secondary N) is 1. The summed E-state index contributed by atoms with van der Waals surface area (Å²) in [6, 6.07) is 9.00. The Morgan fingerprint density at radius 2 is 2.00 bits per heavy atom. The Kier molecular flexibility index (Phi) is 6.83. The van der Waals surface area contributed by atoms with Crippen molar-refractivity contribution in [2.24, 2.45) is 11.7 Å². The van der Waals surface area contributed by atoms with E-state index in [4.69, 9.17) is 17.3 Å². The topological polar surface area (TPSA) is 111 Å². The number of carbonyl (C=O) groups excluding carboxylic acids is 1. The molecule has 1 aromatic carbocycles. The van der Waals surface area contributed by atoms with Crippen molar-refractivity contribution in [1.29, 1.82) is 0 Å². The van der Waals surface area contributed by atoms with Crippen molar-refractivity contribution >= 4 is 17.5 Å². The predicted molar refractivity (Wildman–Crippen MR) is 112 cm³/mol. The maximum Gasteiger partial charge on any atom is 0.422 e. The molecule has 1 amide bonds. The molecule has 0 aliphatic rings. The third-order valence-corrected chi connectivity index (χ3v) is 4.80. The molecule has 3 rings (SSSR count). The van der Waals surface area contributed by atoms with Gasteiger partial charge in [0, 0.05) is 35.4 Å². The normalized spacial score (nSPS) is 12.4. The summed E-state index contributed by atoms with van der Waals surface area (Å²) < 4.78 is 41.4. The number of aromatic nitrogens is 3. The van der Waals surface area contributed by atoms with Crippen molar-refractivity contribution in [2.75, 3.05) is 6.61 Å². The summed E-state index contributed by atoms with van der Waals surface area (Å²) in [6.45, 7) is 0.238. The van der Waals surface area contributed by atoms with E-state index in [0.29, 0.717) is 22.6 Å². The van der Waals surface area contributed by atoms with Gasteiger partial charge in [-0.25, -0.2) is 9.97 Å². The van der Waals surface area contributed by atoms with Gasteiger partial charge >= 0.3 is 6.18 Å². The van der Waals surface area contributed by atoms with Crippen molar-refractivity contribution in [2.45, 2.75) is 19.5 Å². The fourth-order valence-corrected chi connectivity index (χ4v) is 3.05. The van der Waals surface area contributed by atoms with Crippen molar-refractivity contribution < 1.29 is 22.7 Å². The molecule has 7 nitrogen and oxygen atoms in total. The van der Waals surface area contributed by atoms with Crippen LogP contribution in [0, 0.1) is 5.92 Å². The monoisotopic (exact) mass is 466 g/mol. The van der Waals surface area contributed by atoms with Crippen LogP contribution in [0.25, 0.3) is 22.6 Å². The van der Waals surface area contributed by atoms with Crippen LogP contribution in [0.2, 0.25) is 5.02 Å². The Morgan fingerprint density at radius 3 is 2.62 bits per heavy atom. The van der Waals surface area contributed by atoms with Crippen molar-refractivity contribution in [3.8, 4) is 28.5 Å². The molecule has 0 bridgehead atoms. The van der Waals surface area contributed by atoms with E-state index < -0.39 is 30.2 Å². The predicted octanol–water partition coefficient (Wildman–Crippen LogP) is 3.76. The highest BCUT2D eigenvalue weighted by Gasteiger charge is 2.28. The minimum atomic E-state index is -4.48. The summed E-state index contributed by atoms with van der Waals surface area (Å²) in [7, 11) is 0. The van der Waals surface area contributed by atoms with Gasteiger partial charge in [0.25, 0.3) is 5.56 Å². The number of hydrogen-bond acceptors (Lipinski definition) is 5. The number of hydrogen-bond donors (Lipinski definition) is 2. The second-order valence-electron chi connectivity index (χ2n) is 7.09. The van der Waals surface area contributed by atoms with Crippen molar-refractivity contribution in [3.63, 3.8) is 0 Å². The largest absolute Gasteiger partial charge is 0.468 e. The first kappa shape index (κ1) is 23.3. The molecule has 1 atom stereocenters. The van der Waals surface area contributed by atoms with E-state index in [2.05, 4.69) is 19.7 Å². The van der Waals surface area contributed by atoms with Crippen LogP contribution < -0.4 is 16.0 Å². The maximum atomic E-state index is 12.3. The molecule has 0 aliphatic carbocycles. The fourth-order valence-electron chi connectivity index (χ4n) is 2.84. The molecule has 11 heteroatoms. The molecule has 2 heterocycles. The van der Waals surface area contributed by atoms with Crippen LogP contribution in [0.4, 0.5) is 13.2 Å². The average molecular weight is 467 g/mol. The number of carbonyl (C=O) groups is 1. The number of benzene rings is 1. The van der Waals surface area contributed by atoms with Crippen LogP contribution in [-0.2, 0) is 11.2 Å². The zero-order valence-corrected chi connectivity index (χ0v) is 17.5. The van der Waals surface area contributed by atoms with E-state index in [1.165, 1.54) is 24.4 Å². The Bertz CT molecular complexity index is 1180. The lowest BCUT2D eigenvalue weighted by Gasteiger charge is -2.11. The lowest BCUT2D eigenvalue weighted by Crippen LogP contribution is -2.22. The van der Waals surface area contributed by atoms with Crippen molar-refractivity contribution in [3.05, 3.63) is 63.5 Å². The van der Waals surface area contributed by atoms with Gasteiger partial charge in [-0.15, -0.1) is 0 Å². The first-order valence-electron chi connectivity index (χ1n) is 9.37. The van der Waals surface area contributed by atoms with Gasteiger partial charge < -0.3 is 15.5 Å². The van der Waals surface area contributed by atoms with E-state index >= 15 is 0 Å².